The molecule has 0 N–H and O–H groups in total. The Morgan fingerprint density at radius 3 is 2.52 bits per heavy atom. The topological polar surface area (TPSA) is 25.2 Å². The zero-order chi connectivity index (χ0) is 20.5. The van der Waals surface area contributed by atoms with Crippen LogP contribution in [0.5, 0.6) is 0 Å². The average molecular weight is 409 g/mol. The Labute approximate surface area is 178 Å². The lowest BCUT2D eigenvalue weighted by molar-refractivity contribution is -0.132. The van der Waals surface area contributed by atoms with Gasteiger partial charge in [0.15, 0.2) is 0 Å². The van der Waals surface area contributed by atoms with Crippen LogP contribution in [0.2, 0.25) is 5.02 Å². The first-order valence-corrected chi connectivity index (χ1v) is 10.7. The Bertz CT molecular complexity index is 904. The molecular weight excluding hydrogens is 380 g/mol. The van der Waals surface area contributed by atoms with Gasteiger partial charge in [-0.25, -0.2) is 0 Å². The number of hydrogen-bond acceptors (Lipinski definition) is 1. The molecule has 1 aromatic heterocycles. The molecule has 152 valence electrons. The van der Waals surface area contributed by atoms with Gasteiger partial charge in [-0.05, 0) is 42.2 Å². The minimum Gasteiger partial charge on any atom is -0.345 e. The fraction of sp³-hybridized carbons (Fsp3) is 0.320. The minimum absolute atomic E-state index is 0.216. The summed E-state index contributed by atoms with van der Waals surface area (Å²) in [4.78, 5) is 15.0. The van der Waals surface area contributed by atoms with Crippen molar-refractivity contribution in [1.82, 2.24) is 9.47 Å². The summed E-state index contributed by atoms with van der Waals surface area (Å²) >= 11 is 6.34. The van der Waals surface area contributed by atoms with E-state index in [-0.39, 0.29) is 5.91 Å². The molecular formula is C25H29ClN2O. The maximum atomic E-state index is 13.0. The van der Waals surface area contributed by atoms with Gasteiger partial charge in [0.1, 0.15) is 0 Å². The summed E-state index contributed by atoms with van der Waals surface area (Å²) in [5.41, 5.74) is 3.43. The average Bonchev–Trinajstić information content (AvgIpc) is 3.18. The van der Waals surface area contributed by atoms with Gasteiger partial charge in [-0.2, -0.15) is 0 Å². The molecule has 3 nitrogen and oxygen atoms in total. The van der Waals surface area contributed by atoms with Crippen LogP contribution in [0, 0.1) is 0 Å². The highest BCUT2D eigenvalue weighted by molar-refractivity contribution is 6.31. The van der Waals surface area contributed by atoms with Crippen LogP contribution in [0.15, 0.2) is 72.9 Å². The molecule has 0 saturated heterocycles. The van der Waals surface area contributed by atoms with E-state index < -0.39 is 0 Å². The van der Waals surface area contributed by atoms with Crippen molar-refractivity contribution in [3.05, 3.63) is 94.8 Å². The quantitative estimate of drug-likeness (QED) is 0.406. The molecule has 1 heterocycles. The Morgan fingerprint density at radius 2 is 1.76 bits per heavy atom. The van der Waals surface area contributed by atoms with Gasteiger partial charge in [-0.1, -0.05) is 73.5 Å². The first-order chi connectivity index (χ1) is 14.2. The van der Waals surface area contributed by atoms with Crippen molar-refractivity contribution in [2.45, 2.75) is 45.7 Å². The lowest BCUT2D eigenvalue weighted by Crippen LogP contribution is -2.32. The monoisotopic (exact) mass is 408 g/mol. The molecule has 4 heteroatoms. The van der Waals surface area contributed by atoms with Crippen LogP contribution in [0.25, 0.3) is 0 Å². The van der Waals surface area contributed by atoms with E-state index in [0.717, 1.165) is 42.1 Å². The second-order valence-corrected chi connectivity index (χ2v) is 7.78. The van der Waals surface area contributed by atoms with E-state index in [1.165, 1.54) is 5.56 Å². The highest BCUT2D eigenvalue weighted by Crippen LogP contribution is 2.18. The number of hydrogen-bond donors (Lipinski definition) is 0. The van der Waals surface area contributed by atoms with Crippen LogP contribution in [-0.4, -0.2) is 21.9 Å². The van der Waals surface area contributed by atoms with Crippen molar-refractivity contribution in [3.63, 3.8) is 0 Å². The van der Waals surface area contributed by atoms with E-state index in [4.69, 9.17) is 11.6 Å². The molecule has 0 aliphatic carbocycles. The Kier molecular flexibility index (Phi) is 7.94. The van der Waals surface area contributed by atoms with E-state index in [9.17, 15) is 4.79 Å². The molecule has 29 heavy (non-hydrogen) atoms. The maximum Gasteiger partial charge on any atom is 0.223 e. The number of amides is 1. The van der Waals surface area contributed by atoms with E-state index in [1.807, 2.05) is 53.4 Å². The van der Waals surface area contributed by atoms with Crippen molar-refractivity contribution in [3.8, 4) is 0 Å². The molecule has 0 bridgehead atoms. The molecule has 0 aliphatic rings. The summed E-state index contributed by atoms with van der Waals surface area (Å²) in [6, 6.07) is 22.3. The van der Waals surface area contributed by atoms with E-state index in [1.54, 1.807) is 0 Å². The van der Waals surface area contributed by atoms with Crippen molar-refractivity contribution >= 4 is 17.5 Å². The number of benzene rings is 2. The zero-order valence-electron chi connectivity index (χ0n) is 17.1. The number of halogens is 1. The van der Waals surface area contributed by atoms with Crippen LogP contribution in [0.4, 0.5) is 0 Å². The van der Waals surface area contributed by atoms with E-state index in [2.05, 4.69) is 35.9 Å². The zero-order valence-corrected chi connectivity index (χ0v) is 17.8. The normalized spacial score (nSPS) is 10.8. The number of aryl methyl sites for hydroxylation is 1. The Balaban J connectivity index is 1.68. The van der Waals surface area contributed by atoms with Crippen molar-refractivity contribution in [1.29, 1.82) is 0 Å². The van der Waals surface area contributed by atoms with Gasteiger partial charge in [-0.15, -0.1) is 0 Å². The van der Waals surface area contributed by atoms with Gasteiger partial charge in [0.2, 0.25) is 5.91 Å². The fourth-order valence-electron chi connectivity index (χ4n) is 3.45. The van der Waals surface area contributed by atoms with Crippen LogP contribution in [-0.2, 0) is 24.3 Å². The maximum absolute atomic E-state index is 13.0. The molecule has 0 atom stereocenters. The molecule has 0 saturated carbocycles. The van der Waals surface area contributed by atoms with Crippen molar-refractivity contribution in [2.24, 2.45) is 0 Å². The van der Waals surface area contributed by atoms with E-state index in [0.29, 0.717) is 19.5 Å². The Morgan fingerprint density at radius 1 is 1.00 bits per heavy atom. The predicted molar refractivity (Wildman–Crippen MR) is 120 cm³/mol. The summed E-state index contributed by atoms with van der Waals surface area (Å²) in [6.45, 7) is 4.29. The van der Waals surface area contributed by atoms with Gasteiger partial charge in [0.25, 0.3) is 0 Å². The minimum atomic E-state index is 0.216. The second kappa shape index (κ2) is 10.9. The summed E-state index contributed by atoms with van der Waals surface area (Å²) in [5.74, 6) is 0.216. The summed E-state index contributed by atoms with van der Waals surface area (Å²) in [7, 11) is 0. The predicted octanol–water partition coefficient (Wildman–Crippen LogP) is 5.95. The molecule has 3 rings (SSSR count). The summed E-state index contributed by atoms with van der Waals surface area (Å²) in [5, 5.41) is 0.772. The highest BCUT2D eigenvalue weighted by atomic mass is 35.5. The van der Waals surface area contributed by atoms with Crippen LogP contribution < -0.4 is 0 Å². The van der Waals surface area contributed by atoms with Crippen LogP contribution in [0.1, 0.15) is 43.0 Å². The lowest BCUT2D eigenvalue weighted by atomic mass is 10.1. The third-order valence-corrected chi connectivity index (χ3v) is 5.55. The first-order valence-electron chi connectivity index (χ1n) is 10.4. The number of nitrogens with zero attached hydrogens (tertiary/aromatic N) is 2. The smallest absolute Gasteiger partial charge is 0.223 e. The Hall–Kier alpha value is -2.52. The van der Waals surface area contributed by atoms with Crippen LogP contribution >= 0.6 is 11.6 Å². The van der Waals surface area contributed by atoms with Crippen molar-refractivity contribution in [2.75, 3.05) is 6.54 Å². The molecule has 0 unspecified atom stereocenters. The van der Waals surface area contributed by atoms with Crippen LogP contribution in [0.3, 0.4) is 0 Å². The molecule has 1 amide bonds. The number of carbonyl (C=O) groups is 1. The van der Waals surface area contributed by atoms with Crippen molar-refractivity contribution < 1.29 is 4.79 Å². The van der Waals surface area contributed by atoms with Gasteiger partial charge < -0.3 is 9.47 Å². The molecule has 0 radical (unpaired) electrons. The number of carbonyl (C=O) groups excluding carboxylic acids is 1. The standard InChI is InChI=1S/C25H29ClN2O/c1-2-3-17-28(25(29)16-15-21-10-5-4-6-11-21)20-23-13-9-18-27(23)19-22-12-7-8-14-24(22)26/h4-14,18H,2-3,15-17,19-20H2,1H3. The number of rotatable bonds is 10. The van der Waals surface area contributed by atoms with Gasteiger partial charge in [-0.3, -0.25) is 4.79 Å². The molecule has 0 spiro atoms. The van der Waals surface area contributed by atoms with Gasteiger partial charge in [0, 0.05) is 36.4 Å². The third-order valence-electron chi connectivity index (χ3n) is 5.18. The summed E-state index contributed by atoms with van der Waals surface area (Å²) < 4.78 is 2.19. The number of unbranched alkanes of at least 4 members (excludes halogenated alkanes) is 1. The van der Waals surface area contributed by atoms with E-state index >= 15 is 0 Å². The van der Waals surface area contributed by atoms with Gasteiger partial charge in [0.05, 0.1) is 6.54 Å². The molecule has 3 aromatic rings. The SMILES string of the molecule is CCCCN(Cc1cccn1Cc1ccccc1Cl)C(=O)CCc1ccccc1. The largest absolute Gasteiger partial charge is 0.345 e. The third kappa shape index (κ3) is 6.23. The van der Waals surface area contributed by atoms with Gasteiger partial charge >= 0.3 is 0 Å². The second-order valence-electron chi connectivity index (χ2n) is 7.37. The summed E-state index contributed by atoms with van der Waals surface area (Å²) in [6.07, 6.45) is 5.47. The molecule has 0 aliphatic heterocycles. The first kappa shape index (κ1) is 21.2. The molecule has 0 fully saturated rings. The molecule has 2 aromatic carbocycles. The number of aromatic nitrogens is 1. The lowest BCUT2D eigenvalue weighted by Gasteiger charge is -2.24. The fourth-order valence-corrected chi connectivity index (χ4v) is 3.64. The highest BCUT2D eigenvalue weighted by Gasteiger charge is 2.16.